The average Bonchev–Trinajstić information content (AvgIpc) is 2.72. The number of anilines is 1. The van der Waals surface area contributed by atoms with E-state index in [0.717, 1.165) is 28.9 Å². The standard InChI is InChI=1S/C22H25F2N3O2S/c1-15-4-3-5-20(16(15)2)25-21(28)13-26-8-10-27(11-9-26)22(29)14-30-17-6-7-18(23)19(24)12-17/h3-7,12H,8-11,13-14H2,1-2H3,(H,25,28). The molecule has 0 bridgehead atoms. The van der Waals surface area contributed by atoms with Crippen molar-refractivity contribution in [1.82, 2.24) is 9.80 Å². The van der Waals surface area contributed by atoms with Crippen LogP contribution in [0.5, 0.6) is 0 Å². The predicted molar refractivity (Wildman–Crippen MR) is 115 cm³/mol. The number of benzene rings is 2. The second kappa shape index (κ2) is 10.0. The van der Waals surface area contributed by atoms with Gasteiger partial charge in [0.1, 0.15) is 0 Å². The first-order valence-electron chi connectivity index (χ1n) is 9.77. The third kappa shape index (κ3) is 5.79. The van der Waals surface area contributed by atoms with Crippen molar-refractivity contribution in [3.05, 3.63) is 59.2 Å². The Labute approximate surface area is 179 Å². The molecule has 1 heterocycles. The first-order valence-corrected chi connectivity index (χ1v) is 10.8. The summed E-state index contributed by atoms with van der Waals surface area (Å²) < 4.78 is 26.2. The van der Waals surface area contributed by atoms with E-state index in [1.165, 1.54) is 17.8 Å². The maximum atomic E-state index is 13.3. The summed E-state index contributed by atoms with van der Waals surface area (Å²) in [5.41, 5.74) is 3.00. The highest BCUT2D eigenvalue weighted by Gasteiger charge is 2.22. The third-order valence-corrected chi connectivity index (χ3v) is 6.20. The highest BCUT2D eigenvalue weighted by molar-refractivity contribution is 8.00. The van der Waals surface area contributed by atoms with Crippen LogP contribution in [0, 0.1) is 25.5 Å². The highest BCUT2D eigenvalue weighted by atomic mass is 32.2. The van der Waals surface area contributed by atoms with E-state index in [1.807, 2.05) is 36.9 Å². The lowest BCUT2D eigenvalue weighted by Gasteiger charge is -2.34. The molecule has 1 aliphatic rings. The van der Waals surface area contributed by atoms with Gasteiger partial charge in [-0.25, -0.2) is 8.78 Å². The van der Waals surface area contributed by atoms with Gasteiger partial charge in [-0.3, -0.25) is 14.5 Å². The average molecular weight is 434 g/mol. The summed E-state index contributed by atoms with van der Waals surface area (Å²) in [5.74, 6) is -1.77. The zero-order valence-corrected chi connectivity index (χ0v) is 17.9. The number of piperazine rings is 1. The van der Waals surface area contributed by atoms with E-state index >= 15 is 0 Å². The van der Waals surface area contributed by atoms with E-state index in [1.54, 1.807) is 4.90 Å². The molecule has 1 fully saturated rings. The number of halogens is 2. The Hall–Kier alpha value is -2.45. The predicted octanol–water partition coefficient (Wildman–Crippen LogP) is 3.46. The summed E-state index contributed by atoms with van der Waals surface area (Å²) in [6.07, 6.45) is 0. The molecule has 2 aromatic carbocycles. The first-order chi connectivity index (χ1) is 14.3. The Morgan fingerprint density at radius 3 is 2.47 bits per heavy atom. The number of amides is 2. The van der Waals surface area contributed by atoms with Crippen LogP contribution in [0.15, 0.2) is 41.3 Å². The maximum Gasteiger partial charge on any atom is 0.238 e. The van der Waals surface area contributed by atoms with Crippen LogP contribution in [-0.4, -0.2) is 60.1 Å². The molecule has 3 rings (SSSR count). The third-order valence-electron chi connectivity index (χ3n) is 5.22. The van der Waals surface area contributed by atoms with Gasteiger partial charge < -0.3 is 10.2 Å². The fourth-order valence-corrected chi connectivity index (χ4v) is 4.06. The quantitative estimate of drug-likeness (QED) is 0.709. The number of nitrogens with one attached hydrogen (secondary N) is 1. The largest absolute Gasteiger partial charge is 0.339 e. The van der Waals surface area contributed by atoms with Gasteiger partial charge in [-0.1, -0.05) is 12.1 Å². The SMILES string of the molecule is Cc1cccc(NC(=O)CN2CCN(C(=O)CSc3ccc(F)c(F)c3)CC2)c1C. The molecule has 0 saturated carbocycles. The number of hydrogen-bond acceptors (Lipinski definition) is 4. The lowest BCUT2D eigenvalue weighted by molar-refractivity contribution is -0.130. The van der Waals surface area contributed by atoms with E-state index in [-0.39, 0.29) is 24.1 Å². The number of thioether (sulfide) groups is 1. The Morgan fingerprint density at radius 1 is 1.03 bits per heavy atom. The molecule has 2 aromatic rings. The molecule has 0 atom stereocenters. The number of hydrogen-bond donors (Lipinski definition) is 1. The van der Waals surface area contributed by atoms with Crippen molar-refractivity contribution in [3.8, 4) is 0 Å². The summed E-state index contributed by atoms with van der Waals surface area (Å²) >= 11 is 1.18. The lowest BCUT2D eigenvalue weighted by atomic mass is 10.1. The first kappa shape index (κ1) is 22.2. The van der Waals surface area contributed by atoms with E-state index in [4.69, 9.17) is 0 Å². The van der Waals surface area contributed by atoms with Gasteiger partial charge in [-0.05, 0) is 49.2 Å². The Kier molecular flexibility index (Phi) is 7.44. The number of carbonyl (C=O) groups excluding carboxylic acids is 2. The van der Waals surface area contributed by atoms with Gasteiger partial charge in [0, 0.05) is 36.8 Å². The monoisotopic (exact) mass is 433 g/mol. The van der Waals surface area contributed by atoms with Crippen molar-refractivity contribution in [2.45, 2.75) is 18.7 Å². The molecular formula is C22H25F2N3O2S. The van der Waals surface area contributed by atoms with Gasteiger partial charge in [-0.2, -0.15) is 0 Å². The minimum atomic E-state index is -0.916. The summed E-state index contributed by atoms with van der Waals surface area (Å²) in [4.78, 5) is 29.1. The summed E-state index contributed by atoms with van der Waals surface area (Å²) in [5, 5.41) is 2.96. The zero-order chi connectivity index (χ0) is 21.7. The minimum Gasteiger partial charge on any atom is -0.339 e. The van der Waals surface area contributed by atoms with Crippen molar-refractivity contribution in [3.63, 3.8) is 0 Å². The van der Waals surface area contributed by atoms with Crippen LogP contribution in [0.1, 0.15) is 11.1 Å². The van der Waals surface area contributed by atoms with E-state index < -0.39 is 11.6 Å². The number of nitrogens with zero attached hydrogens (tertiary/aromatic N) is 2. The van der Waals surface area contributed by atoms with Crippen LogP contribution in [-0.2, 0) is 9.59 Å². The molecule has 2 amide bonds. The van der Waals surface area contributed by atoms with Crippen LogP contribution in [0.4, 0.5) is 14.5 Å². The van der Waals surface area contributed by atoms with Crippen molar-refractivity contribution in [2.24, 2.45) is 0 Å². The van der Waals surface area contributed by atoms with Crippen LogP contribution in [0.3, 0.4) is 0 Å². The molecule has 0 radical (unpaired) electrons. The molecule has 0 unspecified atom stereocenters. The molecule has 0 spiro atoms. The van der Waals surface area contributed by atoms with Crippen molar-refractivity contribution >= 4 is 29.3 Å². The Balaban J connectivity index is 1.42. The molecule has 160 valence electrons. The molecule has 5 nitrogen and oxygen atoms in total. The second-order valence-electron chi connectivity index (χ2n) is 7.32. The lowest BCUT2D eigenvalue weighted by Crippen LogP contribution is -2.50. The summed E-state index contributed by atoms with van der Waals surface area (Å²) in [6.45, 7) is 6.56. The summed E-state index contributed by atoms with van der Waals surface area (Å²) in [6, 6.07) is 9.43. The molecule has 8 heteroatoms. The van der Waals surface area contributed by atoms with Crippen LogP contribution >= 0.6 is 11.8 Å². The van der Waals surface area contributed by atoms with Crippen LogP contribution in [0.2, 0.25) is 0 Å². The molecule has 1 aliphatic heterocycles. The normalized spacial score (nSPS) is 14.6. The van der Waals surface area contributed by atoms with Crippen LogP contribution < -0.4 is 5.32 Å². The fraction of sp³-hybridized carbons (Fsp3) is 0.364. The van der Waals surface area contributed by atoms with Crippen molar-refractivity contribution in [1.29, 1.82) is 0 Å². The van der Waals surface area contributed by atoms with Gasteiger partial charge in [0.2, 0.25) is 11.8 Å². The Bertz CT molecular complexity index is 931. The highest BCUT2D eigenvalue weighted by Crippen LogP contribution is 2.21. The van der Waals surface area contributed by atoms with Gasteiger partial charge in [-0.15, -0.1) is 11.8 Å². The molecule has 1 saturated heterocycles. The Morgan fingerprint density at radius 2 is 1.77 bits per heavy atom. The maximum absolute atomic E-state index is 13.3. The smallest absolute Gasteiger partial charge is 0.238 e. The topological polar surface area (TPSA) is 52.7 Å². The fourth-order valence-electron chi connectivity index (χ4n) is 3.24. The van der Waals surface area contributed by atoms with Crippen LogP contribution in [0.25, 0.3) is 0 Å². The van der Waals surface area contributed by atoms with Gasteiger partial charge >= 0.3 is 0 Å². The summed E-state index contributed by atoms with van der Waals surface area (Å²) in [7, 11) is 0. The van der Waals surface area contributed by atoms with Crippen molar-refractivity contribution in [2.75, 3.05) is 43.8 Å². The van der Waals surface area contributed by atoms with Gasteiger partial charge in [0.15, 0.2) is 11.6 Å². The van der Waals surface area contributed by atoms with E-state index in [2.05, 4.69) is 5.32 Å². The minimum absolute atomic E-state index is 0.0516. The number of rotatable bonds is 6. The van der Waals surface area contributed by atoms with Gasteiger partial charge in [0.25, 0.3) is 0 Å². The zero-order valence-electron chi connectivity index (χ0n) is 17.1. The van der Waals surface area contributed by atoms with E-state index in [0.29, 0.717) is 31.1 Å². The second-order valence-corrected chi connectivity index (χ2v) is 8.37. The van der Waals surface area contributed by atoms with E-state index in [9.17, 15) is 18.4 Å². The molecule has 0 aromatic heterocycles. The van der Waals surface area contributed by atoms with Gasteiger partial charge in [0.05, 0.1) is 12.3 Å². The molecule has 30 heavy (non-hydrogen) atoms. The number of carbonyl (C=O) groups is 2. The molecule has 0 aliphatic carbocycles. The molecule has 1 N–H and O–H groups in total. The molecular weight excluding hydrogens is 408 g/mol. The van der Waals surface area contributed by atoms with Crippen molar-refractivity contribution < 1.29 is 18.4 Å². The number of aryl methyl sites for hydroxylation is 1.